The first-order valence-electron chi connectivity index (χ1n) is 13.3. The lowest BCUT2D eigenvalue weighted by Gasteiger charge is -2.24. The zero-order chi connectivity index (χ0) is 30.3. The summed E-state index contributed by atoms with van der Waals surface area (Å²) in [6, 6.07) is 9.06. The summed E-state index contributed by atoms with van der Waals surface area (Å²) in [4.78, 5) is 20.8. The standard InChI is InChI=1S/C28H33ClF3N9O/c1-35-19-8-9-21-23(13-19)38-20(14-28(30,31)32)4-2-3-5-22(27-36-15-24(21)40-27)39-26(42)11-6-17-12-18(29)7-10-25(17)41(34)16-37-33/h6-13,15-16,20,22,35,38H,2-5,14,33-34H2,1H3,(H,36,40)(H,39,42)/b11-6+,37-16-/t20?,22-/m0/s1. The van der Waals surface area contributed by atoms with Crippen LogP contribution in [-0.4, -0.2) is 41.5 Å². The van der Waals surface area contributed by atoms with Crippen molar-refractivity contribution in [2.24, 2.45) is 16.8 Å². The minimum atomic E-state index is -4.32. The van der Waals surface area contributed by atoms with E-state index in [1.165, 1.54) is 17.4 Å². The zero-order valence-electron chi connectivity index (χ0n) is 22.9. The van der Waals surface area contributed by atoms with Crippen LogP contribution in [0.3, 0.4) is 0 Å². The van der Waals surface area contributed by atoms with Crippen LogP contribution < -0.4 is 32.6 Å². The van der Waals surface area contributed by atoms with Gasteiger partial charge in [0.1, 0.15) is 12.2 Å². The molecule has 0 saturated carbocycles. The summed E-state index contributed by atoms with van der Waals surface area (Å²) in [6.07, 6.45) is 2.34. The summed E-state index contributed by atoms with van der Waals surface area (Å²) in [5.41, 5.74) is 3.67. The fraction of sp³-hybridized carbons (Fsp3) is 0.321. The molecule has 0 saturated heterocycles. The van der Waals surface area contributed by atoms with Crippen LogP contribution in [0.15, 0.2) is 53.8 Å². The molecule has 1 aliphatic heterocycles. The van der Waals surface area contributed by atoms with Gasteiger partial charge in [0.2, 0.25) is 5.91 Å². The SMILES string of the molecule is CNc1ccc2c(c1)NC(CC(F)(F)F)CCCC[C@H](NC(=O)/C=C/c1cc(Cl)ccc1N(N)/C=N\N)c1ncc-2[nH]1. The monoisotopic (exact) mass is 603 g/mol. The molecule has 2 heterocycles. The van der Waals surface area contributed by atoms with Crippen LogP contribution in [0.2, 0.25) is 5.02 Å². The van der Waals surface area contributed by atoms with Crippen LogP contribution in [-0.2, 0) is 4.79 Å². The maximum absolute atomic E-state index is 13.4. The Morgan fingerprint density at radius 3 is 2.76 bits per heavy atom. The van der Waals surface area contributed by atoms with Crippen LogP contribution in [0.25, 0.3) is 17.3 Å². The number of hydrazone groups is 1. The maximum atomic E-state index is 13.4. The van der Waals surface area contributed by atoms with E-state index in [4.69, 9.17) is 23.3 Å². The van der Waals surface area contributed by atoms with Crippen LogP contribution >= 0.6 is 11.6 Å². The molecule has 2 aromatic carbocycles. The molecule has 2 bridgehead atoms. The number of imidazole rings is 1. The smallest absolute Gasteiger partial charge is 0.388 e. The summed E-state index contributed by atoms with van der Waals surface area (Å²) in [5, 5.41) is 14.2. The minimum Gasteiger partial charge on any atom is -0.388 e. The number of aromatic nitrogens is 2. The van der Waals surface area contributed by atoms with E-state index in [1.807, 2.05) is 12.1 Å². The van der Waals surface area contributed by atoms with Crippen molar-refractivity contribution in [2.45, 2.75) is 50.4 Å². The number of benzene rings is 2. The van der Waals surface area contributed by atoms with E-state index < -0.39 is 30.6 Å². The van der Waals surface area contributed by atoms with Crippen molar-refractivity contribution < 1.29 is 18.0 Å². The van der Waals surface area contributed by atoms with E-state index in [2.05, 4.69) is 31.0 Å². The largest absolute Gasteiger partial charge is 0.391 e. The number of hydrogen-bond donors (Lipinski definition) is 6. The number of hydrazine groups is 1. The van der Waals surface area contributed by atoms with Gasteiger partial charge in [-0.2, -0.15) is 18.3 Å². The molecule has 1 aliphatic rings. The normalized spacial score (nSPS) is 17.7. The first-order chi connectivity index (χ1) is 20.1. The number of nitrogens with zero attached hydrogens (tertiary/aromatic N) is 3. The molecule has 1 amide bonds. The molecule has 0 fully saturated rings. The summed E-state index contributed by atoms with van der Waals surface area (Å²) in [6.45, 7) is 0. The molecule has 4 rings (SSSR count). The van der Waals surface area contributed by atoms with Gasteiger partial charge in [-0.05, 0) is 55.3 Å². The number of halogens is 4. The highest BCUT2D eigenvalue weighted by molar-refractivity contribution is 6.30. The quantitative estimate of drug-likeness (QED) is 0.0683. The summed E-state index contributed by atoms with van der Waals surface area (Å²) >= 11 is 6.15. The predicted octanol–water partition coefficient (Wildman–Crippen LogP) is 5.53. The minimum absolute atomic E-state index is 0.307. The first kappa shape index (κ1) is 30.7. The van der Waals surface area contributed by atoms with E-state index in [1.54, 1.807) is 43.6 Å². The van der Waals surface area contributed by atoms with Crippen LogP contribution in [0.1, 0.15) is 49.5 Å². The number of H-pyrrole nitrogens is 1. The lowest BCUT2D eigenvalue weighted by Crippen LogP contribution is -2.30. The molecule has 1 aromatic heterocycles. The number of nitrogens with one attached hydrogen (secondary N) is 4. The predicted molar refractivity (Wildman–Crippen MR) is 161 cm³/mol. The van der Waals surface area contributed by atoms with Gasteiger partial charge in [0, 0.05) is 46.7 Å². The van der Waals surface area contributed by atoms with Gasteiger partial charge in [-0.1, -0.05) is 24.4 Å². The summed E-state index contributed by atoms with van der Waals surface area (Å²) < 4.78 is 40.3. The third-order valence-electron chi connectivity index (χ3n) is 6.85. The molecule has 8 N–H and O–H groups in total. The van der Waals surface area contributed by atoms with E-state index in [0.29, 0.717) is 64.7 Å². The topological polar surface area (TPSA) is 149 Å². The van der Waals surface area contributed by atoms with Crippen LogP contribution in [0.5, 0.6) is 0 Å². The van der Waals surface area contributed by atoms with Gasteiger partial charge >= 0.3 is 6.18 Å². The molecule has 1 unspecified atom stereocenters. The van der Waals surface area contributed by atoms with Gasteiger partial charge < -0.3 is 26.8 Å². The fourth-order valence-corrected chi connectivity index (χ4v) is 5.04. The van der Waals surface area contributed by atoms with Crippen LogP contribution in [0, 0.1) is 0 Å². The number of aromatic amines is 1. The number of fused-ring (bicyclic) bond motifs is 4. The molecule has 0 radical (unpaired) electrons. The maximum Gasteiger partial charge on any atom is 0.391 e. The van der Waals surface area contributed by atoms with Crippen LogP contribution in [0.4, 0.5) is 30.2 Å². The zero-order valence-corrected chi connectivity index (χ0v) is 23.6. The second-order valence-electron chi connectivity index (χ2n) is 9.91. The van der Waals surface area contributed by atoms with E-state index in [9.17, 15) is 18.0 Å². The van der Waals surface area contributed by atoms with Gasteiger partial charge in [-0.3, -0.25) is 9.80 Å². The Morgan fingerprint density at radius 1 is 1.24 bits per heavy atom. The Kier molecular flexibility index (Phi) is 9.96. The third-order valence-corrected chi connectivity index (χ3v) is 7.08. The summed E-state index contributed by atoms with van der Waals surface area (Å²) in [5.74, 6) is 11.3. The lowest BCUT2D eigenvalue weighted by atomic mass is 10.0. The van der Waals surface area contributed by atoms with Gasteiger partial charge in [0.15, 0.2) is 0 Å². The van der Waals surface area contributed by atoms with Crippen molar-refractivity contribution in [3.63, 3.8) is 0 Å². The number of amides is 1. The Labute approximate surface area is 246 Å². The molecular formula is C28H33ClF3N9O. The highest BCUT2D eigenvalue weighted by Crippen LogP contribution is 2.35. The van der Waals surface area contributed by atoms with E-state index in [0.717, 1.165) is 5.69 Å². The van der Waals surface area contributed by atoms with Crippen molar-refractivity contribution in [1.82, 2.24) is 15.3 Å². The number of anilines is 3. The number of hydrogen-bond acceptors (Lipinski definition) is 7. The molecule has 14 heteroatoms. The van der Waals surface area contributed by atoms with Gasteiger partial charge in [-0.15, -0.1) is 0 Å². The fourth-order valence-electron chi connectivity index (χ4n) is 4.86. The van der Waals surface area contributed by atoms with Crippen molar-refractivity contribution in [3.05, 3.63) is 65.1 Å². The molecule has 42 heavy (non-hydrogen) atoms. The highest BCUT2D eigenvalue weighted by atomic mass is 35.5. The molecule has 3 aromatic rings. The Balaban J connectivity index is 1.60. The van der Waals surface area contributed by atoms with Crippen molar-refractivity contribution >= 4 is 47.0 Å². The number of rotatable bonds is 7. The van der Waals surface area contributed by atoms with Crippen molar-refractivity contribution in [3.8, 4) is 11.3 Å². The Hall–Kier alpha value is -4.23. The van der Waals surface area contributed by atoms with E-state index in [-0.39, 0.29) is 0 Å². The number of carbonyl (C=O) groups is 1. The van der Waals surface area contributed by atoms with Gasteiger partial charge in [0.25, 0.3) is 0 Å². The average molecular weight is 604 g/mol. The second-order valence-corrected chi connectivity index (χ2v) is 10.3. The van der Waals surface area contributed by atoms with Gasteiger partial charge in [-0.25, -0.2) is 10.8 Å². The first-order valence-corrected chi connectivity index (χ1v) is 13.7. The van der Waals surface area contributed by atoms with Crippen molar-refractivity contribution in [2.75, 3.05) is 22.7 Å². The number of carbonyl (C=O) groups excluding carboxylic acids is 1. The second kappa shape index (κ2) is 13.6. The Bertz CT molecular complexity index is 1440. The van der Waals surface area contributed by atoms with Gasteiger partial charge in [0.05, 0.1) is 30.0 Å². The third kappa shape index (κ3) is 8.17. The van der Waals surface area contributed by atoms with Crippen molar-refractivity contribution in [1.29, 1.82) is 0 Å². The molecule has 10 nitrogen and oxygen atoms in total. The molecule has 224 valence electrons. The molecule has 0 aliphatic carbocycles. The van der Waals surface area contributed by atoms with E-state index >= 15 is 0 Å². The summed E-state index contributed by atoms with van der Waals surface area (Å²) in [7, 11) is 1.74. The lowest BCUT2D eigenvalue weighted by molar-refractivity contribution is -0.137. The average Bonchev–Trinajstić information content (AvgIpc) is 3.42. The molecule has 0 spiro atoms. The molecule has 2 atom stereocenters. The Morgan fingerprint density at radius 2 is 2.02 bits per heavy atom. The highest BCUT2D eigenvalue weighted by Gasteiger charge is 2.32. The number of alkyl halides is 3. The number of nitrogens with two attached hydrogens (primary N) is 2. The molecular weight excluding hydrogens is 571 g/mol.